The van der Waals surface area contributed by atoms with E-state index in [4.69, 9.17) is 0 Å². The summed E-state index contributed by atoms with van der Waals surface area (Å²) in [5, 5.41) is 22.0. The SMILES string of the molecule is CCC(O)[C@@]1(Cc2ccccc2)CC[C@@](C)(O)Cc2cc(Br)ccc21. The normalized spacial score (nSPS) is 27.4. The lowest BCUT2D eigenvalue weighted by Gasteiger charge is -2.39. The van der Waals surface area contributed by atoms with Gasteiger partial charge in [0.15, 0.2) is 0 Å². The zero-order chi connectivity index (χ0) is 18.1. The van der Waals surface area contributed by atoms with Gasteiger partial charge >= 0.3 is 0 Å². The first-order chi connectivity index (χ1) is 11.9. The van der Waals surface area contributed by atoms with Crippen molar-refractivity contribution >= 4 is 15.9 Å². The molecular weight excluding hydrogens is 376 g/mol. The third-order valence-corrected chi connectivity index (χ3v) is 6.16. The molecule has 0 fully saturated rings. The van der Waals surface area contributed by atoms with Gasteiger partial charge in [-0.05, 0) is 61.4 Å². The van der Waals surface area contributed by atoms with Crippen LogP contribution >= 0.6 is 15.9 Å². The zero-order valence-corrected chi connectivity index (χ0v) is 16.6. The summed E-state index contributed by atoms with van der Waals surface area (Å²) in [5.41, 5.74) is 2.44. The Balaban J connectivity index is 2.16. The van der Waals surface area contributed by atoms with Gasteiger partial charge in [0, 0.05) is 16.3 Å². The first-order valence-corrected chi connectivity index (χ1v) is 9.89. The smallest absolute Gasteiger partial charge is 0.0660 e. The highest BCUT2D eigenvalue weighted by atomic mass is 79.9. The number of fused-ring (bicyclic) bond motifs is 1. The summed E-state index contributed by atoms with van der Waals surface area (Å²) < 4.78 is 1.02. The Bertz CT molecular complexity index is 726. The molecule has 2 nitrogen and oxygen atoms in total. The number of hydrogen-bond acceptors (Lipinski definition) is 2. The molecule has 3 atom stereocenters. The third kappa shape index (κ3) is 3.84. The molecule has 0 bridgehead atoms. The van der Waals surface area contributed by atoms with Crippen LogP contribution in [-0.2, 0) is 18.3 Å². The molecule has 0 spiro atoms. The quantitative estimate of drug-likeness (QED) is 0.721. The van der Waals surface area contributed by atoms with Gasteiger partial charge in [0.25, 0.3) is 0 Å². The van der Waals surface area contributed by atoms with E-state index in [0.717, 1.165) is 22.9 Å². The minimum atomic E-state index is -0.749. The van der Waals surface area contributed by atoms with Crippen molar-refractivity contribution in [3.63, 3.8) is 0 Å². The Kier molecular flexibility index (Phi) is 5.38. The Morgan fingerprint density at radius 2 is 1.84 bits per heavy atom. The Hall–Kier alpha value is -1.16. The average molecular weight is 403 g/mol. The summed E-state index contributed by atoms with van der Waals surface area (Å²) in [6.07, 6.45) is 3.12. The number of aliphatic hydroxyl groups is 2. The van der Waals surface area contributed by atoms with Crippen molar-refractivity contribution in [3.05, 3.63) is 69.7 Å². The van der Waals surface area contributed by atoms with Crippen molar-refractivity contribution in [1.82, 2.24) is 0 Å². The molecule has 134 valence electrons. The second kappa shape index (κ2) is 7.22. The van der Waals surface area contributed by atoms with Gasteiger partial charge < -0.3 is 10.2 Å². The van der Waals surface area contributed by atoms with E-state index in [1.54, 1.807) is 0 Å². The first kappa shape index (κ1) is 18.6. The Labute approximate surface area is 159 Å². The van der Waals surface area contributed by atoms with E-state index < -0.39 is 11.7 Å². The lowest BCUT2D eigenvalue weighted by atomic mass is 9.67. The summed E-state index contributed by atoms with van der Waals surface area (Å²) in [7, 11) is 0. The molecule has 0 aliphatic heterocycles. The lowest BCUT2D eigenvalue weighted by molar-refractivity contribution is 0.0264. The van der Waals surface area contributed by atoms with Crippen molar-refractivity contribution < 1.29 is 10.2 Å². The average Bonchev–Trinajstić information content (AvgIpc) is 2.69. The van der Waals surface area contributed by atoms with Crippen LogP contribution in [0.4, 0.5) is 0 Å². The van der Waals surface area contributed by atoms with Gasteiger partial charge in [-0.1, -0.05) is 59.3 Å². The summed E-state index contributed by atoms with van der Waals surface area (Å²) >= 11 is 3.57. The van der Waals surface area contributed by atoms with Crippen molar-refractivity contribution in [3.8, 4) is 0 Å². The van der Waals surface area contributed by atoms with Crippen molar-refractivity contribution in [1.29, 1.82) is 0 Å². The fraction of sp³-hybridized carbons (Fsp3) is 0.455. The number of aliphatic hydroxyl groups excluding tert-OH is 1. The van der Waals surface area contributed by atoms with E-state index in [0.29, 0.717) is 19.3 Å². The van der Waals surface area contributed by atoms with E-state index >= 15 is 0 Å². The molecule has 1 unspecified atom stereocenters. The predicted octanol–water partition coefficient (Wildman–Crippen LogP) is 4.79. The van der Waals surface area contributed by atoms with E-state index in [9.17, 15) is 10.2 Å². The van der Waals surface area contributed by atoms with Gasteiger partial charge in [0.2, 0.25) is 0 Å². The van der Waals surface area contributed by atoms with Crippen molar-refractivity contribution in [2.75, 3.05) is 0 Å². The molecule has 3 heteroatoms. The summed E-state index contributed by atoms with van der Waals surface area (Å²) in [6.45, 7) is 3.95. The molecule has 0 saturated carbocycles. The van der Waals surface area contributed by atoms with Crippen molar-refractivity contribution in [2.45, 2.75) is 63.1 Å². The summed E-state index contributed by atoms with van der Waals surface area (Å²) in [4.78, 5) is 0. The maximum absolute atomic E-state index is 11.1. The molecule has 0 heterocycles. The van der Waals surface area contributed by atoms with Crippen LogP contribution in [0.25, 0.3) is 0 Å². The highest BCUT2D eigenvalue weighted by Crippen LogP contribution is 2.45. The van der Waals surface area contributed by atoms with Crippen LogP contribution in [0.2, 0.25) is 0 Å². The topological polar surface area (TPSA) is 40.5 Å². The molecule has 0 amide bonds. The highest BCUT2D eigenvalue weighted by molar-refractivity contribution is 9.10. The molecule has 1 aliphatic rings. The Morgan fingerprint density at radius 3 is 2.52 bits per heavy atom. The van der Waals surface area contributed by atoms with Crippen LogP contribution in [0, 0.1) is 0 Å². The van der Waals surface area contributed by atoms with Crippen LogP contribution in [0.3, 0.4) is 0 Å². The fourth-order valence-corrected chi connectivity index (χ4v) is 4.73. The number of rotatable bonds is 4. The van der Waals surface area contributed by atoms with E-state index in [1.165, 1.54) is 11.1 Å². The van der Waals surface area contributed by atoms with Crippen LogP contribution in [0.15, 0.2) is 53.0 Å². The van der Waals surface area contributed by atoms with Gasteiger partial charge in [0.1, 0.15) is 0 Å². The molecule has 25 heavy (non-hydrogen) atoms. The Morgan fingerprint density at radius 1 is 1.12 bits per heavy atom. The lowest BCUT2D eigenvalue weighted by Crippen LogP contribution is -2.42. The van der Waals surface area contributed by atoms with Gasteiger partial charge in [-0.3, -0.25) is 0 Å². The number of benzene rings is 2. The molecule has 2 aromatic rings. The highest BCUT2D eigenvalue weighted by Gasteiger charge is 2.44. The van der Waals surface area contributed by atoms with Crippen LogP contribution in [-0.4, -0.2) is 21.9 Å². The van der Waals surface area contributed by atoms with Gasteiger partial charge in [-0.15, -0.1) is 0 Å². The predicted molar refractivity (Wildman–Crippen MR) is 106 cm³/mol. The van der Waals surface area contributed by atoms with Gasteiger partial charge in [-0.2, -0.15) is 0 Å². The van der Waals surface area contributed by atoms with Gasteiger partial charge in [-0.25, -0.2) is 0 Å². The summed E-state index contributed by atoms with van der Waals surface area (Å²) in [5.74, 6) is 0. The maximum Gasteiger partial charge on any atom is 0.0660 e. The second-order valence-electron chi connectivity index (χ2n) is 7.72. The number of hydrogen-bond donors (Lipinski definition) is 2. The zero-order valence-electron chi connectivity index (χ0n) is 15.0. The largest absolute Gasteiger partial charge is 0.392 e. The minimum Gasteiger partial charge on any atom is -0.392 e. The maximum atomic E-state index is 11.1. The fourth-order valence-electron chi connectivity index (χ4n) is 4.32. The standard InChI is InChI=1S/C22H27BrO2/c1-3-20(24)22(14-16-7-5-4-6-8-16)12-11-21(2,25)15-17-13-18(23)9-10-19(17)22/h4-10,13,20,24-25H,3,11-12,14-15H2,1-2H3/t20?,21-,22-/m1/s1. The van der Waals surface area contributed by atoms with Crippen LogP contribution in [0.1, 0.15) is 49.8 Å². The van der Waals surface area contributed by atoms with E-state index in [2.05, 4.69) is 58.4 Å². The molecule has 2 N–H and O–H groups in total. The minimum absolute atomic E-state index is 0.368. The third-order valence-electron chi connectivity index (χ3n) is 5.67. The van der Waals surface area contributed by atoms with Crippen molar-refractivity contribution in [2.24, 2.45) is 0 Å². The molecule has 2 aromatic carbocycles. The molecule has 3 rings (SSSR count). The van der Waals surface area contributed by atoms with E-state index in [-0.39, 0.29) is 5.41 Å². The van der Waals surface area contributed by atoms with Gasteiger partial charge in [0.05, 0.1) is 11.7 Å². The first-order valence-electron chi connectivity index (χ1n) is 9.09. The molecule has 0 radical (unpaired) electrons. The molecule has 0 aromatic heterocycles. The van der Waals surface area contributed by atoms with Crippen LogP contribution < -0.4 is 0 Å². The second-order valence-corrected chi connectivity index (χ2v) is 8.63. The monoisotopic (exact) mass is 402 g/mol. The molecule has 0 saturated heterocycles. The van der Waals surface area contributed by atoms with Crippen LogP contribution in [0.5, 0.6) is 0 Å². The molecule has 1 aliphatic carbocycles. The number of halogens is 1. The summed E-state index contributed by atoms with van der Waals surface area (Å²) in [6, 6.07) is 16.7. The molecular formula is C22H27BrO2. The van der Waals surface area contributed by atoms with E-state index in [1.807, 2.05) is 19.9 Å².